The number of piperidine rings is 2. The maximum absolute atomic E-state index is 5.84. The van der Waals surface area contributed by atoms with Crippen LogP contribution >= 0.6 is 0 Å². The summed E-state index contributed by atoms with van der Waals surface area (Å²) in [6.07, 6.45) is 4.15. The molecule has 2 fully saturated rings. The molecule has 3 heteroatoms. The number of rotatable bonds is 3. The second-order valence-corrected chi connectivity index (χ2v) is 6.84. The van der Waals surface area contributed by atoms with Gasteiger partial charge in [0, 0.05) is 19.1 Å². The van der Waals surface area contributed by atoms with Crippen LogP contribution in [-0.2, 0) is 0 Å². The van der Waals surface area contributed by atoms with Crippen molar-refractivity contribution in [2.75, 3.05) is 39.8 Å². The molecule has 2 N–H and O–H groups in total. The Balaban J connectivity index is 1.89. The standard InChI is InChI=1S/C14H29N3/c1-14(2,10-15)11-17-8-6-13-12(9-17)5-4-7-16(13)3/h12-13H,4-11,15H2,1-3H3. The molecule has 0 aromatic rings. The Morgan fingerprint density at radius 3 is 2.71 bits per heavy atom. The summed E-state index contributed by atoms with van der Waals surface area (Å²) in [5, 5.41) is 0. The Labute approximate surface area is 106 Å². The first-order valence-corrected chi connectivity index (χ1v) is 7.14. The Morgan fingerprint density at radius 2 is 2.00 bits per heavy atom. The highest BCUT2D eigenvalue weighted by molar-refractivity contribution is 4.90. The smallest absolute Gasteiger partial charge is 0.0145 e. The van der Waals surface area contributed by atoms with Gasteiger partial charge in [0.1, 0.15) is 0 Å². The molecule has 0 saturated carbocycles. The molecule has 0 spiro atoms. The highest BCUT2D eigenvalue weighted by Gasteiger charge is 2.35. The molecule has 0 aliphatic carbocycles. The number of nitrogens with two attached hydrogens (primary N) is 1. The van der Waals surface area contributed by atoms with E-state index in [0.29, 0.717) is 0 Å². The first-order valence-electron chi connectivity index (χ1n) is 7.14. The third kappa shape index (κ3) is 3.21. The van der Waals surface area contributed by atoms with Crippen molar-refractivity contribution in [1.29, 1.82) is 0 Å². The van der Waals surface area contributed by atoms with Crippen molar-refractivity contribution in [1.82, 2.24) is 9.80 Å². The maximum Gasteiger partial charge on any atom is 0.0145 e. The fraction of sp³-hybridized carbons (Fsp3) is 1.00. The van der Waals surface area contributed by atoms with Gasteiger partial charge in [0.2, 0.25) is 0 Å². The average molecular weight is 239 g/mol. The largest absolute Gasteiger partial charge is 0.330 e. The van der Waals surface area contributed by atoms with E-state index in [2.05, 4.69) is 30.7 Å². The molecule has 2 rings (SSSR count). The van der Waals surface area contributed by atoms with Crippen LogP contribution in [0.15, 0.2) is 0 Å². The zero-order valence-corrected chi connectivity index (χ0v) is 11.8. The van der Waals surface area contributed by atoms with Gasteiger partial charge in [-0.05, 0) is 57.3 Å². The van der Waals surface area contributed by atoms with Gasteiger partial charge < -0.3 is 15.5 Å². The highest BCUT2D eigenvalue weighted by Crippen LogP contribution is 2.30. The van der Waals surface area contributed by atoms with Gasteiger partial charge in [-0.3, -0.25) is 0 Å². The highest BCUT2D eigenvalue weighted by atomic mass is 15.2. The van der Waals surface area contributed by atoms with Crippen LogP contribution in [0, 0.1) is 11.3 Å². The zero-order chi connectivity index (χ0) is 12.5. The zero-order valence-electron chi connectivity index (χ0n) is 11.8. The van der Waals surface area contributed by atoms with Crippen LogP contribution in [0.2, 0.25) is 0 Å². The van der Waals surface area contributed by atoms with Crippen molar-refractivity contribution in [2.24, 2.45) is 17.1 Å². The summed E-state index contributed by atoms with van der Waals surface area (Å²) in [7, 11) is 2.30. The minimum Gasteiger partial charge on any atom is -0.330 e. The van der Waals surface area contributed by atoms with E-state index in [-0.39, 0.29) is 5.41 Å². The number of fused-ring (bicyclic) bond motifs is 1. The summed E-state index contributed by atoms with van der Waals surface area (Å²) >= 11 is 0. The lowest BCUT2D eigenvalue weighted by molar-refractivity contribution is 0.0250. The van der Waals surface area contributed by atoms with E-state index < -0.39 is 0 Å². The fourth-order valence-electron chi connectivity index (χ4n) is 3.54. The molecule has 2 aliphatic rings. The molecule has 17 heavy (non-hydrogen) atoms. The van der Waals surface area contributed by atoms with Crippen molar-refractivity contribution < 1.29 is 0 Å². The van der Waals surface area contributed by atoms with Gasteiger partial charge in [0.15, 0.2) is 0 Å². The Bertz CT molecular complexity index is 252. The van der Waals surface area contributed by atoms with E-state index >= 15 is 0 Å². The molecule has 3 nitrogen and oxygen atoms in total. The van der Waals surface area contributed by atoms with Gasteiger partial charge in [-0.25, -0.2) is 0 Å². The van der Waals surface area contributed by atoms with E-state index in [9.17, 15) is 0 Å². The molecule has 0 amide bonds. The summed E-state index contributed by atoms with van der Waals surface area (Å²) in [6, 6.07) is 0.848. The normalized spacial score (nSPS) is 32.5. The number of hydrogen-bond donors (Lipinski definition) is 1. The van der Waals surface area contributed by atoms with E-state index in [1.54, 1.807) is 0 Å². The van der Waals surface area contributed by atoms with E-state index in [1.165, 1.54) is 38.9 Å². The topological polar surface area (TPSA) is 32.5 Å². The lowest BCUT2D eigenvalue weighted by Crippen LogP contribution is -2.54. The van der Waals surface area contributed by atoms with Crippen LogP contribution in [0.3, 0.4) is 0 Å². The van der Waals surface area contributed by atoms with Crippen molar-refractivity contribution in [3.63, 3.8) is 0 Å². The Kier molecular flexibility index (Phi) is 4.11. The second-order valence-electron chi connectivity index (χ2n) is 6.84. The number of hydrogen-bond acceptors (Lipinski definition) is 3. The summed E-state index contributed by atoms with van der Waals surface area (Å²) in [6.45, 7) is 10.4. The minimum absolute atomic E-state index is 0.271. The second kappa shape index (κ2) is 5.25. The third-order valence-electron chi connectivity index (χ3n) is 4.63. The maximum atomic E-state index is 5.84. The van der Waals surface area contributed by atoms with Gasteiger partial charge in [-0.15, -0.1) is 0 Å². The van der Waals surface area contributed by atoms with Crippen molar-refractivity contribution in [3.8, 4) is 0 Å². The molecule has 2 unspecified atom stereocenters. The van der Waals surface area contributed by atoms with Gasteiger partial charge in [-0.2, -0.15) is 0 Å². The summed E-state index contributed by atoms with van der Waals surface area (Å²) in [4.78, 5) is 5.23. The average Bonchev–Trinajstić information content (AvgIpc) is 2.29. The van der Waals surface area contributed by atoms with Gasteiger partial charge >= 0.3 is 0 Å². The lowest BCUT2D eigenvalue weighted by Gasteiger charge is -2.47. The Morgan fingerprint density at radius 1 is 1.24 bits per heavy atom. The molecule has 0 bridgehead atoms. The van der Waals surface area contributed by atoms with Crippen LogP contribution in [0.5, 0.6) is 0 Å². The van der Waals surface area contributed by atoms with Crippen LogP contribution < -0.4 is 5.73 Å². The van der Waals surface area contributed by atoms with E-state index in [4.69, 9.17) is 5.73 Å². The minimum atomic E-state index is 0.271. The quantitative estimate of drug-likeness (QED) is 0.808. The summed E-state index contributed by atoms with van der Waals surface area (Å²) in [5.74, 6) is 0.899. The number of likely N-dealkylation sites (tertiary alicyclic amines) is 2. The van der Waals surface area contributed by atoms with E-state index in [1.807, 2.05) is 0 Å². The first-order chi connectivity index (χ1) is 8.02. The van der Waals surface area contributed by atoms with Crippen LogP contribution in [0.1, 0.15) is 33.1 Å². The predicted molar refractivity (Wildman–Crippen MR) is 73.0 cm³/mol. The summed E-state index contributed by atoms with van der Waals surface area (Å²) in [5.41, 5.74) is 6.11. The molecule has 0 radical (unpaired) electrons. The monoisotopic (exact) mass is 239 g/mol. The number of nitrogens with zero attached hydrogens (tertiary/aromatic N) is 2. The third-order valence-corrected chi connectivity index (χ3v) is 4.63. The van der Waals surface area contributed by atoms with Gasteiger partial charge in [0.25, 0.3) is 0 Å². The molecular weight excluding hydrogens is 210 g/mol. The van der Waals surface area contributed by atoms with Crippen LogP contribution in [-0.4, -0.2) is 55.6 Å². The van der Waals surface area contributed by atoms with Gasteiger partial charge in [0.05, 0.1) is 0 Å². The molecule has 100 valence electrons. The van der Waals surface area contributed by atoms with Crippen molar-refractivity contribution >= 4 is 0 Å². The first kappa shape index (κ1) is 13.3. The molecule has 2 atom stereocenters. The SMILES string of the molecule is CN1CCCC2CN(CC(C)(C)CN)CCC21. The van der Waals surface area contributed by atoms with E-state index in [0.717, 1.165) is 25.0 Å². The molecule has 2 heterocycles. The Hall–Kier alpha value is -0.120. The molecule has 2 aliphatic heterocycles. The predicted octanol–water partition coefficient (Wildman–Crippen LogP) is 1.39. The fourth-order valence-corrected chi connectivity index (χ4v) is 3.54. The molecular formula is C14H29N3. The van der Waals surface area contributed by atoms with Crippen molar-refractivity contribution in [2.45, 2.75) is 39.2 Å². The summed E-state index contributed by atoms with van der Waals surface area (Å²) < 4.78 is 0. The molecule has 0 aromatic heterocycles. The van der Waals surface area contributed by atoms with Gasteiger partial charge in [-0.1, -0.05) is 13.8 Å². The van der Waals surface area contributed by atoms with Crippen molar-refractivity contribution in [3.05, 3.63) is 0 Å². The molecule has 0 aromatic carbocycles. The molecule has 2 saturated heterocycles. The van der Waals surface area contributed by atoms with Crippen LogP contribution in [0.4, 0.5) is 0 Å². The lowest BCUT2D eigenvalue weighted by atomic mass is 9.83. The van der Waals surface area contributed by atoms with Crippen LogP contribution in [0.25, 0.3) is 0 Å².